The molecule has 1 atom stereocenters. The van der Waals surface area contributed by atoms with Gasteiger partial charge in [-0.2, -0.15) is 0 Å². The van der Waals surface area contributed by atoms with E-state index in [9.17, 15) is 0 Å². The second kappa shape index (κ2) is 6.53. The predicted octanol–water partition coefficient (Wildman–Crippen LogP) is 3.22. The summed E-state index contributed by atoms with van der Waals surface area (Å²) in [6.45, 7) is 10.1. The molecule has 0 saturated carbocycles. The number of benzene rings is 1. The zero-order valence-electron chi connectivity index (χ0n) is 12.6. The molecular formula is C17H28N2. The monoisotopic (exact) mass is 260 g/mol. The topological polar surface area (TPSA) is 24.1 Å². The molecule has 0 amide bonds. The van der Waals surface area contributed by atoms with Crippen LogP contribution in [-0.2, 0) is 12.0 Å². The average Bonchev–Trinajstić information content (AvgIpc) is 2.87. The molecule has 1 saturated heterocycles. The number of rotatable bonds is 5. The molecule has 1 aromatic carbocycles. The number of hydrogen-bond donors (Lipinski definition) is 2. The molecule has 1 aliphatic rings. The summed E-state index contributed by atoms with van der Waals surface area (Å²) in [7, 11) is 0. The third-order valence-electron chi connectivity index (χ3n) is 3.98. The van der Waals surface area contributed by atoms with Crippen molar-refractivity contribution < 1.29 is 0 Å². The van der Waals surface area contributed by atoms with Crippen LogP contribution < -0.4 is 10.6 Å². The summed E-state index contributed by atoms with van der Waals surface area (Å²) in [6.07, 6.45) is 3.95. The molecule has 2 N–H and O–H groups in total. The highest BCUT2D eigenvalue weighted by Crippen LogP contribution is 2.22. The van der Waals surface area contributed by atoms with E-state index in [-0.39, 0.29) is 5.41 Å². The molecule has 1 fully saturated rings. The van der Waals surface area contributed by atoms with Crippen molar-refractivity contribution in [3.05, 3.63) is 35.4 Å². The molecule has 1 aromatic rings. The Kier molecular flexibility index (Phi) is 5.00. The Morgan fingerprint density at radius 1 is 1.21 bits per heavy atom. The molecule has 1 unspecified atom stereocenters. The SMILES string of the molecule is CC(C)(C)c1ccc(CNCCC2CCCN2)cc1. The lowest BCUT2D eigenvalue weighted by Crippen LogP contribution is -2.26. The maximum absolute atomic E-state index is 3.55. The van der Waals surface area contributed by atoms with E-state index in [1.807, 2.05) is 0 Å². The summed E-state index contributed by atoms with van der Waals surface area (Å²) >= 11 is 0. The van der Waals surface area contributed by atoms with Crippen LogP contribution in [-0.4, -0.2) is 19.1 Å². The van der Waals surface area contributed by atoms with Crippen molar-refractivity contribution in [2.75, 3.05) is 13.1 Å². The molecule has 0 spiro atoms. The second-order valence-corrected chi connectivity index (χ2v) is 6.71. The summed E-state index contributed by atoms with van der Waals surface area (Å²) in [5.41, 5.74) is 3.04. The summed E-state index contributed by atoms with van der Waals surface area (Å²) in [5, 5.41) is 7.09. The Bertz CT molecular complexity index is 369. The lowest BCUT2D eigenvalue weighted by molar-refractivity contribution is 0.523. The van der Waals surface area contributed by atoms with Gasteiger partial charge in [0.15, 0.2) is 0 Å². The fourth-order valence-corrected chi connectivity index (χ4v) is 2.63. The van der Waals surface area contributed by atoms with Gasteiger partial charge in [0.1, 0.15) is 0 Å². The van der Waals surface area contributed by atoms with Gasteiger partial charge in [-0.1, -0.05) is 45.0 Å². The summed E-state index contributed by atoms with van der Waals surface area (Å²) in [6, 6.07) is 9.77. The fourth-order valence-electron chi connectivity index (χ4n) is 2.63. The minimum absolute atomic E-state index is 0.250. The Labute approximate surface area is 118 Å². The van der Waals surface area contributed by atoms with Gasteiger partial charge >= 0.3 is 0 Å². The first-order valence-corrected chi connectivity index (χ1v) is 7.59. The highest BCUT2D eigenvalue weighted by Gasteiger charge is 2.13. The third-order valence-corrected chi connectivity index (χ3v) is 3.98. The van der Waals surface area contributed by atoms with Crippen molar-refractivity contribution in [3.8, 4) is 0 Å². The van der Waals surface area contributed by atoms with Gasteiger partial charge in [0, 0.05) is 12.6 Å². The van der Waals surface area contributed by atoms with Gasteiger partial charge in [-0.05, 0) is 48.9 Å². The molecule has 19 heavy (non-hydrogen) atoms. The largest absolute Gasteiger partial charge is 0.314 e. The molecule has 2 rings (SSSR count). The molecule has 0 aliphatic carbocycles. The Balaban J connectivity index is 1.71. The van der Waals surface area contributed by atoms with E-state index in [1.54, 1.807) is 0 Å². The van der Waals surface area contributed by atoms with Crippen LogP contribution in [0.15, 0.2) is 24.3 Å². The van der Waals surface area contributed by atoms with Gasteiger partial charge in [-0.3, -0.25) is 0 Å². The number of nitrogens with one attached hydrogen (secondary N) is 2. The van der Waals surface area contributed by atoms with E-state index in [0.29, 0.717) is 0 Å². The van der Waals surface area contributed by atoms with Crippen LogP contribution in [0.4, 0.5) is 0 Å². The van der Waals surface area contributed by atoms with Crippen LogP contribution in [0.1, 0.15) is 51.2 Å². The summed E-state index contributed by atoms with van der Waals surface area (Å²) < 4.78 is 0. The molecule has 0 aromatic heterocycles. The van der Waals surface area contributed by atoms with Gasteiger partial charge in [-0.25, -0.2) is 0 Å². The van der Waals surface area contributed by atoms with Crippen LogP contribution >= 0.6 is 0 Å². The normalized spacial score (nSPS) is 19.8. The first-order valence-electron chi connectivity index (χ1n) is 7.59. The van der Waals surface area contributed by atoms with Gasteiger partial charge in [0.25, 0.3) is 0 Å². The van der Waals surface area contributed by atoms with E-state index in [2.05, 4.69) is 55.7 Å². The smallest absolute Gasteiger partial charge is 0.0205 e. The molecule has 106 valence electrons. The third kappa shape index (κ3) is 4.63. The average molecular weight is 260 g/mol. The Morgan fingerprint density at radius 2 is 1.95 bits per heavy atom. The lowest BCUT2D eigenvalue weighted by atomic mass is 9.87. The summed E-state index contributed by atoms with van der Waals surface area (Å²) in [4.78, 5) is 0. The minimum atomic E-state index is 0.250. The zero-order chi connectivity index (χ0) is 13.7. The Morgan fingerprint density at radius 3 is 2.53 bits per heavy atom. The number of hydrogen-bond acceptors (Lipinski definition) is 2. The van der Waals surface area contributed by atoms with Crippen LogP contribution in [0, 0.1) is 0 Å². The zero-order valence-corrected chi connectivity index (χ0v) is 12.6. The van der Waals surface area contributed by atoms with E-state index < -0.39 is 0 Å². The molecule has 0 radical (unpaired) electrons. The highest BCUT2D eigenvalue weighted by atomic mass is 14.9. The van der Waals surface area contributed by atoms with E-state index >= 15 is 0 Å². The van der Waals surface area contributed by atoms with Gasteiger partial charge in [0.05, 0.1) is 0 Å². The molecule has 2 nitrogen and oxygen atoms in total. The molecule has 2 heteroatoms. The van der Waals surface area contributed by atoms with Crippen LogP contribution in [0.3, 0.4) is 0 Å². The fraction of sp³-hybridized carbons (Fsp3) is 0.647. The predicted molar refractivity (Wildman–Crippen MR) is 82.5 cm³/mol. The molecule has 1 heterocycles. The molecule has 0 bridgehead atoms. The van der Waals surface area contributed by atoms with Crippen molar-refractivity contribution in [2.24, 2.45) is 0 Å². The lowest BCUT2D eigenvalue weighted by Gasteiger charge is -2.19. The van der Waals surface area contributed by atoms with Gasteiger partial charge in [0.2, 0.25) is 0 Å². The van der Waals surface area contributed by atoms with Crippen LogP contribution in [0.2, 0.25) is 0 Å². The first-order chi connectivity index (χ1) is 9.05. The van der Waals surface area contributed by atoms with Crippen molar-refractivity contribution in [1.29, 1.82) is 0 Å². The molecular weight excluding hydrogens is 232 g/mol. The van der Waals surface area contributed by atoms with Crippen molar-refractivity contribution in [1.82, 2.24) is 10.6 Å². The van der Waals surface area contributed by atoms with E-state index in [4.69, 9.17) is 0 Å². The van der Waals surface area contributed by atoms with E-state index in [0.717, 1.165) is 19.1 Å². The first kappa shape index (κ1) is 14.5. The highest BCUT2D eigenvalue weighted by molar-refractivity contribution is 5.27. The van der Waals surface area contributed by atoms with Crippen molar-refractivity contribution >= 4 is 0 Å². The quantitative estimate of drug-likeness (QED) is 0.794. The van der Waals surface area contributed by atoms with Crippen LogP contribution in [0.25, 0.3) is 0 Å². The molecule has 1 aliphatic heterocycles. The Hall–Kier alpha value is -0.860. The second-order valence-electron chi connectivity index (χ2n) is 6.71. The standard InChI is InChI=1S/C17H28N2/c1-17(2,3)15-8-6-14(7-9-15)13-18-12-10-16-5-4-11-19-16/h6-9,16,18-19H,4-5,10-13H2,1-3H3. The minimum Gasteiger partial charge on any atom is -0.314 e. The van der Waals surface area contributed by atoms with E-state index in [1.165, 1.54) is 36.9 Å². The van der Waals surface area contributed by atoms with Crippen molar-refractivity contribution in [2.45, 2.75) is 58.0 Å². The van der Waals surface area contributed by atoms with Crippen molar-refractivity contribution in [3.63, 3.8) is 0 Å². The maximum Gasteiger partial charge on any atom is 0.0205 e. The maximum atomic E-state index is 3.55. The van der Waals surface area contributed by atoms with Gasteiger partial charge in [-0.15, -0.1) is 0 Å². The van der Waals surface area contributed by atoms with Crippen LogP contribution in [0.5, 0.6) is 0 Å². The van der Waals surface area contributed by atoms with Gasteiger partial charge < -0.3 is 10.6 Å². The summed E-state index contributed by atoms with van der Waals surface area (Å²) in [5.74, 6) is 0.